The summed E-state index contributed by atoms with van der Waals surface area (Å²) in [5.41, 5.74) is 0.0859. The van der Waals surface area contributed by atoms with E-state index in [1.165, 1.54) is 25.7 Å². The first-order valence-electron chi connectivity index (χ1n) is 6.31. The Labute approximate surface area is 91.1 Å². The van der Waals surface area contributed by atoms with Crippen molar-refractivity contribution in [3.05, 3.63) is 0 Å². The van der Waals surface area contributed by atoms with Crippen molar-refractivity contribution in [1.29, 1.82) is 0 Å². The number of hydrogen-bond acceptors (Lipinski definition) is 1. The quantitative estimate of drug-likeness (QED) is 0.757. The smallest absolute Gasteiger partial charge is 0.309 e. The fraction of sp³-hybridized carbons (Fsp3) is 0.923. The van der Waals surface area contributed by atoms with Crippen LogP contribution in [0.5, 0.6) is 0 Å². The zero-order chi connectivity index (χ0) is 10.7. The van der Waals surface area contributed by atoms with Gasteiger partial charge in [0.15, 0.2) is 0 Å². The van der Waals surface area contributed by atoms with E-state index in [2.05, 4.69) is 6.92 Å². The number of carboxylic acid groups (broad SMARTS) is 1. The molecule has 0 spiro atoms. The van der Waals surface area contributed by atoms with Gasteiger partial charge in [-0.25, -0.2) is 0 Å². The van der Waals surface area contributed by atoms with E-state index in [4.69, 9.17) is 0 Å². The summed E-state index contributed by atoms with van der Waals surface area (Å²) in [4.78, 5) is 11.5. The van der Waals surface area contributed by atoms with Crippen LogP contribution in [0.4, 0.5) is 0 Å². The van der Waals surface area contributed by atoms with Crippen LogP contribution < -0.4 is 0 Å². The molecule has 0 amide bonds. The molecule has 4 bridgehead atoms. The highest BCUT2D eigenvalue weighted by Gasteiger charge is 2.59. The van der Waals surface area contributed by atoms with Crippen LogP contribution >= 0.6 is 0 Å². The third-order valence-electron chi connectivity index (χ3n) is 5.39. The molecular formula is C13H20O2. The van der Waals surface area contributed by atoms with Gasteiger partial charge < -0.3 is 5.11 Å². The van der Waals surface area contributed by atoms with E-state index < -0.39 is 5.97 Å². The topological polar surface area (TPSA) is 37.3 Å². The van der Waals surface area contributed by atoms with Crippen molar-refractivity contribution >= 4 is 5.97 Å². The zero-order valence-electron chi connectivity index (χ0n) is 9.46. The lowest BCUT2D eigenvalue weighted by atomic mass is 9.43. The Morgan fingerprint density at radius 3 is 2.33 bits per heavy atom. The Morgan fingerprint density at radius 1 is 1.27 bits per heavy atom. The number of rotatable bonds is 2. The van der Waals surface area contributed by atoms with Gasteiger partial charge in [-0.15, -0.1) is 0 Å². The first-order valence-corrected chi connectivity index (χ1v) is 6.31. The molecule has 1 N–H and O–H groups in total. The lowest BCUT2D eigenvalue weighted by Gasteiger charge is -2.60. The molecule has 4 fully saturated rings. The van der Waals surface area contributed by atoms with Gasteiger partial charge in [-0.1, -0.05) is 13.3 Å². The Balaban J connectivity index is 1.99. The van der Waals surface area contributed by atoms with Gasteiger partial charge in [0.05, 0.1) is 5.41 Å². The van der Waals surface area contributed by atoms with Crippen molar-refractivity contribution < 1.29 is 9.90 Å². The summed E-state index contributed by atoms with van der Waals surface area (Å²) in [6, 6.07) is 0. The number of carboxylic acids is 1. The minimum absolute atomic E-state index is 0.319. The van der Waals surface area contributed by atoms with Gasteiger partial charge in [0.25, 0.3) is 0 Å². The average molecular weight is 208 g/mol. The first-order chi connectivity index (χ1) is 7.07. The standard InChI is InChI=1S/C13H20O2/c1-2-12-4-9-3-10(5-12)7-13(6-9,8-12)11(14)15/h9-10H,2-8H2,1H3,(H,14,15)/t9-,10-,12?,13?/m1/s1. The van der Waals surface area contributed by atoms with E-state index in [0.717, 1.165) is 31.1 Å². The predicted octanol–water partition coefficient (Wildman–Crippen LogP) is 3.07. The molecule has 0 radical (unpaired) electrons. The maximum absolute atomic E-state index is 11.5. The van der Waals surface area contributed by atoms with E-state index >= 15 is 0 Å². The minimum Gasteiger partial charge on any atom is -0.481 e. The van der Waals surface area contributed by atoms with Crippen molar-refractivity contribution in [3.8, 4) is 0 Å². The maximum Gasteiger partial charge on any atom is 0.309 e. The Hall–Kier alpha value is -0.530. The molecule has 0 saturated heterocycles. The van der Waals surface area contributed by atoms with Gasteiger partial charge >= 0.3 is 5.97 Å². The van der Waals surface area contributed by atoms with Crippen LogP contribution in [0.15, 0.2) is 0 Å². The van der Waals surface area contributed by atoms with Gasteiger partial charge in [0.2, 0.25) is 0 Å². The van der Waals surface area contributed by atoms with Gasteiger partial charge in [0, 0.05) is 0 Å². The van der Waals surface area contributed by atoms with E-state index in [-0.39, 0.29) is 5.41 Å². The molecule has 2 nitrogen and oxygen atoms in total. The largest absolute Gasteiger partial charge is 0.481 e. The summed E-state index contributed by atoms with van der Waals surface area (Å²) in [7, 11) is 0. The number of hydrogen-bond donors (Lipinski definition) is 1. The molecule has 2 heteroatoms. The monoisotopic (exact) mass is 208 g/mol. The maximum atomic E-state index is 11.5. The Kier molecular flexibility index (Phi) is 1.79. The van der Waals surface area contributed by atoms with Gasteiger partial charge in [0.1, 0.15) is 0 Å². The molecule has 4 aliphatic rings. The summed E-state index contributed by atoms with van der Waals surface area (Å²) < 4.78 is 0. The Bertz CT molecular complexity index is 294. The Morgan fingerprint density at radius 2 is 1.87 bits per heavy atom. The molecule has 0 heterocycles. The van der Waals surface area contributed by atoms with Crippen LogP contribution in [0.2, 0.25) is 0 Å². The third kappa shape index (κ3) is 1.20. The van der Waals surface area contributed by atoms with E-state index in [1.54, 1.807) is 0 Å². The molecule has 84 valence electrons. The number of aliphatic carboxylic acids is 1. The van der Waals surface area contributed by atoms with Gasteiger partial charge in [-0.2, -0.15) is 0 Å². The number of carbonyl (C=O) groups is 1. The predicted molar refractivity (Wildman–Crippen MR) is 57.5 cm³/mol. The summed E-state index contributed by atoms with van der Waals surface area (Å²) in [5, 5.41) is 9.49. The first kappa shape index (κ1) is 9.68. The van der Waals surface area contributed by atoms with Crippen molar-refractivity contribution in [3.63, 3.8) is 0 Å². The average Bonchev–Trinajstić information content (AvgIpc) is 2.15. The highest BCUT2D eigenvalue weighted by molar-refractivity contribution is 5.75. The second-order valence-electron chi connectivity index (χ2n) is 6.40. The summed E-state index contributed by atoms with van der Waals surface area (Å²) in [5.74, 6) is 0.944. The normalized spacial score (nSPS) is 52.1. The SMILES string of the molecule is CCC12C[C@H]3C[C@H](C1)CC(C(=O)O)(C3)C2. The van der Waals surface area contributed by atoms with Crippen LogP contribution in [0, 0.1) is 22.7 Å². The van der Waals surface area contributed by atoms with Crippen molar-refractivity contribution in [2.75, 3.05) is 0 Å². The summed E-state index contributed by atoms with van der Waals surface area (Å²) in [6.45, 7) is 2.25. The van der Waals surface area contributed by atoms with Crippen molar-refractivity contribution in [2.24, 2.45) is 22.7 Å². The lowest BCUT2D eigenvalue weighted by molar-refractivity contribution is -0.175. The fourth-order valence-electron chi connectivity index (χ4n) is 5.12. The van der Waals surface area contributed by atoms with Gasteiger partial charge in [-0.3, -0.25) is 4.79 Å². The third-order valence-corrected chi connectivity index (χ3v) is 5.39. The van der Waals surface area contributed by atoms with Crippen LogP contribution in [0.3, 0.4) is 0 Å². The van der Waals surface area contributed by atoms with Crippen LogP contribution in [-0.2, 0) is 4.79 Å². The minimum atomic E-state index is -0.505. The van der Waals surface area contributed by atoms with Crippen molar-refractivity contribution in [1.82, 2.24) is 0 Å². The van der Waals surface area contributed by atoms with E-state index in [1.807, 2.05) is 0 Å². The summed E-state index contributed by atoms with van der Waals surface area (Å²) >= 11 is 0. The second-order valence-corrected chi connectivity index (χ2v) is 6.40. The molecule has 0 aromatic carbocycles. The van der Waals surface area contributed by atoms with Gasteiger partial charge in [-0.05, 0) is 55.8 Å². The lowest BCUT2D eigenvalue weighted by Crippen LogP contribution is -2.54. The molecule has 0 aromatic rings. The van der Waals surface area contributed by atoms with E-state index in [0.29, 0.717) is 5.41 Å². The highest BCUT2D eigenvalue weighted by Crippen LogP contribution is 2.66. The molecule has 4 aliphatic carbocycles. The molecular weight excluding hydrogens is 188 g/mol. The molecule has 15 heavy (non-hydrogen) atoms. The molecule has 4 saturated carbocycles. The van der Waals surface area contributed by atoms with Crippen molar-refractivity contribution in [2.45, 2.75) is 51.9 Å². The molecule has 2 atom stereocenters. The molecule has 4 rings (SSSR count). The van der Waals surface area contributed by atoms with Crippen LogP contribution in [-0.4, -0.2) is 11.1 Å². The van der Waals surface area contributed by atoms with Crippen LogP contribution in [0.25, 0.3) is 0 Å². The second kappa shape index (κ2) is 2.78. The van der Waals surface area contributed by atoms with E-state index in [9.17, 15) is 9.90 Å². The fourth-order valence-corrected chi connectivity index (χ4v) is 5.12. The zero-order valence-corrected chi connectivity index (χ0v) is 9.46. The molecule has 0 aromatic heterocycles. The molecule has 0 aliphatic heterocycles. The highest BCUT2D eigenvalue weighted by atomic mass is 16.4. The van der Waals surface area contributed by atoms with Crippen LogP contribution in [0.1, 0.15) is 51.9 Å². The molecule has 0 unspecified atom stereocenters. The summed E-state index contributed by atoms with van der Waals surface area (Å²) in [6.07, 6.45) is 8.05.